The van der Waals surface area contributed by atoms with Gasteiger partial charge in [0.15, 0.2) is 5.76 Å². The molecule has 2 heterocycles. The number of hydrogen-bond donors (Lipinski definition) is 1. The fourth-order valence-electron chi connectivity index (χ4n) is 2.28. The van der Waals surface area contributed by atoms with Crippen molar-refractivity contribution < 1.29 is 27.1 Å². The number of halogens is 2. The molecule has 3 rings (SSSR count). The summed E-state index contributed by atoms with van der Waals surface area (Å²) in [6.45, 7) is -2.88. The monoisotopic (exact) mass is 379 g/mol. The van der Waals surface area contributed by atoms with Crippen LogP contribution in [0.1, 0.15) is 5.56 Å². The molecule has 8 nitrogen and oxygen atoms in total. The van der Waals surface area contributed by atoms with Gasteiger partial charge in [-0.1, -0.05) is 12.1 Å². The Bertz CT molecular complexity index is 932. The molecule has 27 heavy (non-hydrogen) atoms. The third kappa shape index (κ3) is 5.03. The van der Waals surface area contributed by atoms with E-state index in [2.05, 4.69) is 15.2 Å². The second-order valence-corrected chi connectivity index (χ2v) is 5.43. The molecule has 0 spiro atoms. The van der Waals surface area contributed by atoms with Gasteiger partial charge in [0.2, 0.25) is 5.91 Å². The maximum Gasteiger partial charge on any atom is 0.437 e. The Morgan fingerprint density at radius 3 is 2.70 bits per heavy atom. The van der Waals surface area contributed by atoms with Crippen LogP contribution in [0.5, 0.6) is 5.75 Å². The number of ether oxygens (including phenoxy) is 1. The highest BCUT2D eigenvalue weighted by molar-refractivity contribution is 5.75. The zero-order valence-electron chi connectivity index (χ0n) is 13.9. The molecule has 1 aromatic carbocycles. The van der Waals surface area contributed by atoms with Crippen molar-refractivity contribution in [1.29, 1.82) is 0 Å². The van der Waals surface area contributed by atoms with Crippen molar-refractivity contribution in [1.82, 2.24) is 15.1 Å². The molecule has 2 aromatic heterocycles. The largest absolute Gasteiger partial charge is 0.459 e. The minimum atomic E-state index is -2.87. The Hall–Kier alpha value is -3.43. The van der Waals surface area contributed by atoms with Crippen LogP contribution in [0.2, 0.25) is 0 Å². The van der Waals surface area contributed by atoms with Crippen LogP contribution in [0.15, 0.2) is 56.3 Å². The van der Waals surface area contributed by atoms with Crippen molar-refractivity contribution in [2.45, 2.75) is 19.6 Å². The summed E-state index contributed by atoms with van der Waals surface area (Å²) in [6.07, 6.45) is 1.89. The van der Waals surface area contributed by atoms with Crippen molar-refractivity contribution in [3.8, 4) is 17.4 Å². The minimum absolute atomic E-state index is 0.0103. The fourth-order valence-corrected chi connectivity index (χ4v) is 2.28. The molecule has 0 unspecified atom stereocenters. The summed E-state index contributed by atoms with van der Waals surface area (Å²) >= 11 is 0. The van der Waals surface area contributed by atoms with E-state index in [1.807, 2.05) is 0 Å². The molecule has 1 N–H and O–H groups in total. The van der Waals surface area contributed by atoms with E-state index in [9.17, 15) is 18.4 Å². The van der Waals surface area contributed by atoms with E-state index in [0.717, 1.165) is 10.2 Å². The molecule has 142 valence electrons. The van der Waals surface area contributed by atoms with Gasteiger partial charge in [-0.3, -0.25) is 4.79 Å². The van der Waals surface area contributed by atoms with Gasteiger partial charge in [-0.15, -0.1) is 5.10 Å². The number of rotatable bonds is 8. The predicted molar refractivity (Wildman–Crippen MR) is 88.3 cm³/mol. The quantitative estimate of drug-likeness (QED) is 0.643. The van der Waals surface area contributed by atoms with Gasteiger partial charge in [0.1, 0.15) is 12.3 Å². The summed E-state index contributed by atoms with van der Waals surface area (Å²) in [5.74, 6) is -0.856. The Balaban J connectivity index is 1.48. The van der Waals surface area contributed by atoms with E-state index < -0.39 is 18.3 Å². The van der Waals surface area contributed by atoms with E-state index >= 15 is 0 Å². The standard InChI is InChI=1S/C17H15F2N3O5/c18-16(19)26-12-5-3-11(4-6-12)7-8-20-14(23)10-22-17(24)27-15(21-22)13-2-1-9-25-13/h1-6,9,16H,7-8,10H2,(H,20,23). The normalized spacial score (nSPS) is 10.9. The number of amides is 1. The number of alkyl halides is 2. The van der Waals surface area contributed by atoms with Gasteiger partial charge in [-0.2, -0.15) is 13.5 Å². The van der Waals surface area contributed by atoms with Gasteiger partial charge in [0.25, 0.3) is 5.89 Å². The van der Waals surface area contributed by atoms with E-state index in [1.165, 1.54) is 18.4 Å². The summed E-state index contributed by atoms with van der Waals surface area (Å²) in [7, 11) is 0. The Kier molecular flexibility index (Phi) is 5.64. The molecule has 0 saturated heterocycles. The molecule has 0 saturated carbocycles. The van der Waals surface area contributed by atoms with Crippen LogP contribution in [-0.2, 0) is 17.8 Å². The average Bonchev–Trinajstić information content (AvgIpc) is 3.26. The number of hydrogen-bond acceptors (Lipinski definition) is 6. The number of nitrogens with one attached hydrogen (secondary N) is 1. The lowest BCUT2D eigenvalue weighted by Gasteiger charge is -2.07. The topological polar surface area (TPSA) is 99.5 Å². The summed E-state index contributed by atoms with van der Waals surface area (Å²) in [5.41, 5.74) is 0.829. The lowest BCUT2D eigenvalue weighted by Crippen LogP contribution is -2.32. The first kappa shape index (κ1) is 18.4. The first-order valence-electron chi connectivity index (χ1n) is 7.93. The molecule has 1 amide bonds. The number of furan rings is 1. The van der Waals surface area contributed by atoms with Gasteiger partial charge >= 0.3 is 12.4 Å². The number of benzene rings is 1. The third-order valence-corrected chi connectivity index (χ3v) is 3.52. The van der Waals surface area contributed by atoms with Gasteiger partial charge in [0, 0.05) is 6.54 Å². The third-order valence-electron chi connectivity index (χ3n) is 3.52. The molecule has 0 bridgehead atoms. The summed E-state index contributed by atoms with van der Waals surface area (Å²) in [6, 6.07) is 9.30. The first-order chi connectivity index (χ1) is 13.0. The molecule has 0 radical (unpaired) electrons. The lowest BCUT2D eigenvalue weighted by atomic mass is 10.1. The Morgan fingerprint density at radius 1 is 1.26 bits per heavy atom. The smallest absolute Gasteiger partial charge is 0.437 e. The SMILES string of the molecule is O=C(Cn1nc(-c2ccco2)oc1=O)NCCc1ccc(OC(F)F)cc1. The number of nitrogens with zero attached hydrogens (tertiary/aromatic N) is 2. The first-order valence-corrected chi connectivity index (χ1v) is 7.93. The second kappa shape index (κ2) is 8.30. The van der Waals surface area contributed by atoms with E-state index in [-0.39, 0.29) is 23.9 Å². The van der Waals surface area contributed by atoms with Crippen LogP contribution in [0.4, 0.5) is 8.78 Å². The highest BCUT2D eigenvalue weighted by Crippen LogP contribution is 2.15. The van der Waals surface area contributed by atoms with Gasteiger partial charge < -0.3 is 18.9 Å². The van der Waals surface area contributed by atoms with Gasteiger partial charge in [-0.25, -0.2) is 4.79 Å². The van der Waals surface area contributed by atoms with Crippen molar-refractivity contribution in [3.05, 3.63) is 58.8 Å². The summed E-state index contributed by atoms with van der Waals surface area (Å²) in [5, 5.41) is 6.54. The lowest BCUT2D eigenvalue weighted by molar-refractivity contribution is -0.121. The number of carbonyl (C=O) groups excluding carboxylic acids is 1. The fraction of sp³-hybridized carbons (Fsp3) is 0.235. The van der Waals surface area contributed by atoms with Crippen LogP contribution in [-0.4, -0.2) is 28.8 Å². The molecule has 0 aliphatic carbocycles. The molecule has 0 aliphatic rings. The van der Waals surface area contributed by atoms with E-state index in [1.54, 1.807) is 24.3 Å². The Morgan fingerprint density at radius 2 is 2.04 bits per heavy atom. The number of carbonyl (C=O) groups is 1. The molecular formula is C17H15F2N3O5. The maximum atomic E-state index is 12.1. The molecule has 0 aliphatic heterocycles. The van der Waals surface area contributed by atoms with Crippen LogP contribution < -0.4 is 15.8 Å². The average molecular weight is 379 g/mol. The van der Waals surface area contributed by atoms with Gasteiger partial charge in [-0.05, 0) is 36.2 Å². The zero-order valence-corrected chi connectivity index (χ0v) is 13.9. The molecule has 10 heteroatoms. The van der Waals surface area contributed by atoms with Crippen LogP contribution in [0.25, 0.3) is 11.7 Å². The molecule has 0 fully saturated rings. The highest BCUT2D eigenvalue weighted by atomic mass is 19.3. The zero-order chi connectivity index (χ0) is 19.2. The maximum absolute atomic E-state index is 12.1. The van der Waals surface area contributed by atoms with Crippen molar-refractivity contribution in [2.24, 2.45) is 0 Å². The van der Waals surface area contributed by atoms with Crippen LogP contribution in [0.3, 0.4) is 0 Å². The van der Waals surface area contributed by atoms with Crippen molar-refractivity contribution in [3.63, 3.8) is 0 Å². The summed E-state index contributed by atoms with van der Waals surface area (Å²) in [4.78, 5) is 23.7. The molecule has 0 atom stereocenters. The second-order valence-electron chi connectivity index (χ2n) is 5.43. The molecular weight excluding hydrogens is 364 g/mol. The minimum Gasteiger partial charge on any atom is -0.459 e. The molecule has 3 aromatic rings. The van der Waals surface area contributed by atoms with Crippen LogP contribution >= 0.6 is 0 Å². The number of aromatic nitrogens is 2. The van der Waals surface area contributed by atoms with E-state index in [4.69, 9.17) is 8.83 Å². The highest BCUT2D eigenvalue weighted by Gasteiger charge is 2.14. The van der Waals surface area contributed by atoms with Crippen molar-refractivity contribution in [2.75, 3.05) is 6.54 Å². The Labute approximate surface area is 151 Å². The van der Waals surface area contributed by atoms with Crippen molar-refractivity contribution >= 4 is 5.91 Å². The van der Waals surface area contributed by atoms with Gasteiger partial charge in [0.05, 0.1) is 6.26 Å². The predicted octanol–water partition coefficient (Wildman–Crippen LogP) is 2.06. The van der Waals surface area contributed by atoms with Crippen LogP contribution in [0, 0.1) is 0 Å². The van der Waals surface area contributed by atoms with E-state index in [0.29, 0.717) is 13.0 Å². The summed E-state index contributed by atoms with van der Waals surface area (Å²) < 4.78 is 39.3.